The van der Waals surface area contributed by atoms with Crippen molar-refractivity contribution in [3.05, 3.63) is 0 Å². The molecule has 0 nitrogen and oxygen atoms in total. The molecule has 0 heterocycles. The predicted molar refractivity (Wildman–Crippen MR) is 44.0 cm³/mol. The Balaban J connectivity index is 2.28. The second-order valence-electron chi connectivity index (χ2n) is 2.42. The summed E-state index contributed by atoms with van der Waals surface area (Å²) in [6.45, 7) is 0. The van der Waals surface area contributed by atoms with Crippen molar-refractivity contribution < 1.29 is 0 Å². The summed E-state index contributed by atoms with van der Waals surface area (Å²) in [7, 11) is 0. The third-order valence-corrected chi connectivity index (χ3v) is 3.17. The van der Waals surface area contributed by atoms with Crippen LogP contribution >= 0.6 is 25.3 Å². The van der Waals surface area contributed by atoms with Crippen LogP contribution in [0.3, 0.4) is 0 Å². The molecule has 48 valence electrons. The average Bonchev–Trinajstić information content (AvgIpc) is 1.77. The van der Waals surface area contributed by atoms with Gasteiger partial charge in [0.05, 0.1) is 0 Å². The third-order valence-electron chi connectivity index (χ3n) is 1.69. The van der Waals surface area contributed by atoms with E-state index in [1.807, 2.05) is 0 Å². The molecule has 2 heteroatoms. The molecule has 0 aromatic heterocycles. The van der Waals surface area contributed by atoms with Gasteiger partial charge in [0, 0.05) is 10.5 Å². The minimum absolute atomic E-state index is 0.562. The van der Waals surface area contributed by atoms with Gasteiger partial charge in [-0.3, -0.25) is 0 Å². The molecular formula is C6H12S2. The SMILES string of the molecule is S[C@@H]1CCCC[C@@H]1S. The lowest BCUT2D eigenvalue weighted by molar-refractivity contribution is 0.532. The highest BCUT2D eigenvalue weighted by Gasteiger charge is 2.17. The lowest BCUT2D eigenvalue weighted by Crippen LogP contribution is -2.19. The summed E-state index contributed by atoms with van der Waals surface area (Å²) < 4.78 is 0. The summed E-state index contributed by atoms with van der Waals surface area (Å²) in [5.41, 5.74) is 0. The van der Waals surface area contributed by atoms with Gasteiger partial charge in [-0.1, -0.05) is 12.8 Å². The Hall–Kier alpha value is 0.700. The highest BCUT2D eigenvalue weighted by atomic mass is 32.1. The first-order valence-electron chi connectivity index (χ1n) is 3.17. The lowest BCUT2D eigenvalue weighted by Gasteiger charge is -2.22. The Morgan fingerprint density at radius 3 is 1.50 bits per heavy atom. The van der Waals surface area contributed by atoms with Crippen LogP contribution in [0.5, 0.6) is 0 Å². The van der Waals surface area contributed by atoms with Crippen molar-refractivity contribution in [3.63, 3.8) is 0 Å². The second-order valence-corrected chi connectivity index (χ2v) is 3.75. The molecule has 0 saturated heterocycles. The van der Waals surface area contributed by atoms with Gasteiger partial charge < -0.3 is 0 Å². The van der Waals surface area contributed by atoms with E-state index in [-0.39, 0.29) is 0 Å². The summed E-state index contributed by atoms with van der Waals surface area (Å²) in [4.78, 5) is 0. The monoisotopic (exact) mass is 148 g/mol. The van der Waals surface area contributed by atoms with Gasteiger partial charge in [-0.05, 0) is 12.8 Å². The maximum atomic E-state index is 4.38. The molecule has 1 rings (SSSR count). The van der Waals surface area contributed by atoms with Crippen LogP contribution in [-0.2, 0) is 0 Å². The van der Waals surface area contributed by atoms with Crippen molar-refractivity contribution >= 4 is 25.3 Å². The normalized spacial score (nSPS) is 39.8. The summed E-state index contributed by atoms with van der Waals surface area (Å²) in [6, 6.07) is 0. The maximum absolute atomic E-state index is 4.38. The topological polar surface area (TPSA) is 0 Å². The molecule has 0 unspecified atom stereocenters. The van der Waals surface area contributed by atoms with Crippen molar-refractivity contribution in [3.8, 4) is 0 Å². The Bertz CT molecular complexity index is 62.9. The lowest BCUT2D eigenvalue weighted by atomic mass is 10.00. The molecule has 1 aliphatic carbocycles. The van der Waals surface area contributed by atoms with E-state index < -0.39 is 0 Å². The molecule has 0 radical (unpaired) electrons. The molecule has 0 spiro atoms. The fourth-order valence-electron chi connectivity index (χ4n) is 1.09. The van der Waals surface area contributed by atoms with Gasteiger partial charge in [-0.25, -0.2) is 0 Å². The Kier molecular flexibility index (Phi) is 2.57. The van der Waals surface area contributed by atoms with Crippen molar-refractivity contribution in [2.24, 2.45) is 0 Å². The van der Waals surface area contributed by atoms with Crippen LogP contribution < -0.4 is 0 Å². The van der Waals surface area contributed by atoms with E-state index in [9.17, 15) is 0 Å². The third kappa shape index (κ3) is 1.59. The van der Waals surface area contributed by atoms with Crippen molar-refractivity contribution in [2.45, 2.75) is 36.2 Å². The van der Waals surface area contributed by atoms with Crippen molar-refractivity contribution in [1.29, 1.82) is 0 Å². The van der Waals surface area contributed by atoms with E-state index in [1.165, 1.54) is 25.7 Å². The van der Waals surface area contributed by atoms with Crippen LogP contribution in [0.15, 0.2) is 0 Å². The first-order valence-corrected chi connectivity index (χ1v) is 4.20. The molecule has 0 bridgehead atoms. The van der Waals surface area contributed by atoms with Gasteiger partial charge in [0.25, 0.3) is 0 Å². The molecular weight excluding hydrogens is 136 g/mol. The smallest absolute Gasteiger partial charge is 0.0133 e. The first kappa shape index (κ1) is 6.81. The Morgan fingerprint density at radius 2 is 1.25 bits per heavy atom. The molecule has 0 aromatic carbocycles. The molecule has 0 N–H and O–H groups in total. The maximum Gasteiger partial charge on any atom is 0.0133 e. The van der Waals surface area contributed by atoms with E-state index >= 15 is 0 Å². The van der Waals surface area contributed by atoms with Crippen molar-refractivity contribution in [1.82, 2.24) is 0 Å². The molecule has 1 saturated carbocycles. The summed E-state index contributed by atoms with van der Waals surface area (Å²) >= 11 is 8.76. The van der Waals surface area contributed by atoms with Gasteiger partial charge in [0.15, 0.2) is 0 Å². The van der Waals surface area contributed by atoms with E-state index in [2.05, 4.69) is 25.3 Å². The standard InChI is InChI=1S/C6H12S2/c7-5-3-1-2-4-6(5)8/h5-8H,1-4H2/t5-,6+. The van der Waals surface area contributed by atoms with E-state index in [4.69, 9.17) is 0 Å². The zero-order chi connectivity index (χ0) is 5.98. The Labute approximate surface area is 61.9 Å². The number of hydrogen-bond donors (Lipinski definition) is 2. The van der Waals surface area contributed by atoms with Crippen LogP contribution in [0.25, 0.3) is 0 Å². The summed E-state index contributed by atoms with van der Waals surface area (Å²) in [5, 5.41) is 1.12. The second kappa shape index (κ2) is 3.02. The molecule has 1 fully saturated rings. The zero-order valence-corrected chi connectivity index (χ0v) is 6.67. The largest absolute Gasteiger partial charge is 0.175 e. The molecule has 8 heavy (non-hydrogen) atoms. The molecule has 0 aliphatic heterocycles. The Morgan fingerprint density at radius 1 is 0.875 bits per heavy atom. The van der Waals surface area contributed by atoms with Crippen LogP contribution in [0.2, 0.25) is 0 Å². The van der Waals surface area contributed by atoms with Gasteiger partial charge in [0.1, 0.15) is 0 Å². The molecule has 0 aromatic rings. The van der Waals surface area contributed by atoms with Crippen LogP contribution in [0, 0.1) is 0 Å². The van der Waals surface area contributed by atoms with Crippen LogP contribution in [0.4, 0.5) is 0 Å². The molecule has 2 atom stereocenters. The van der Waals surface area contributed by atoms with Crippen LogP contribution in [0.1, 0.15) is 25.7 Å². The fourth-order valence-corrected chi connectivity index (χ4v) is 1.76. The van der Waals surface area contributed by atoms with Gasteiger partial charge in [0.2, 0.25) is 0 Å². The predicted octanol–water partition coefficient (Wildman–Crippen LogP) is 2.16. The molecule has 0 amide bonds. The highest BCUT2D eigenvalue weighted by Crippen LogP contribution is 2.26. The highest BCUT2D eigenvalue weighted by molar-refractivity contribution is 7.85. The van der Waals surface area contributed by atoms with E-state index in [1.54, 1.807) is 0 Å². The van der Waals surface area contributed by atoms with Gasteiger partial charge in [-0.15, -0.1) is 0 Å². The average molecular weight is 148 g/mol. The minimum atomic E-state index is 0.562. The number of thiol groups is 2. The van der Waals surface area contributed by atoms with E-state index in [0.717, 1.165) is 0 Å². The number of rotatable bonds is 0. The fraction of sp³-hybridized carbons (Fsp3) is 1.00. The quantitative estimate of drug-likeness (QED) is 0.483. The first-order chi connectivity index (χ1) is 3.80. The minimum Gasteiger partial charge on any atom is -0.175 e. The van der Waals surface area contributed by atoms with Gasteiger partial charge >= 0.3 is 0 Å². The molecule has 1 aliphatic rings. The van der Waals surface area contributed by atoms with Gasteiger partial charge in [-0.2, -0.15) is 25.3 Å². The summed E-state index contributed by atoms with van der Waals surface area (Å²) in [5.74, 6) is 0. The van der Waals surface area contributed by atoms with Crippen molar-refractivity contribution in [2.75, 3.05) is 0 Å². The number of hydrogen-bond acceptors (Lipinski definition) is 2. The zero-order valence-electron chi connectivity index (χ0n) is 4.88. The summed E-state index contributed by atoms with van der Waals surface area (Å²) in [6.07, 6.45) is 5.23. The van der Waals surface area contributed by atoms with E-state index in [0.29, 0.717) is 10.5 Å². The van der Waals surface area contributed by atoms with Crippen LogP contribution in [-0.4, -0.2) is 10.5 Å².